The lowest BCUT2D eigenvalue weighted by Crippen LogP contribution is -2.33. The van der Waals surface area contributed by atoms with Crippen molar-refractivity contribution in [1.82, 2.24) is 0 Å². The van der Waals surface area contributed by atoms with Crippen LogP contribution in [0.25, 0.3) is 5.57 Å². The molecule has 2 nitrogen and oxygen atoms in total. The lowest BCUT2D eigenvalue weighted by atomic mass is 9.80. The summed E-state index contributed by atoms with van der Waals surface area (Å²) in [6, 6.07) is 12.5. The van der Waals surface area contributed by atoms with Gasteiger partial charge in [-0.1, -0.05) is 29.8 Å². The van der Waals surface area contributed by atoms with E-state index >= 15 is 0 Å². The quantitative estimate of drug-likeness (QED) is 0.809. The molecule has 1 fully saturated rings. The Kier molecular flexibility index (Phi) is 4.64. The van der Waals surface area contributed by atoms with Crippen LogP contribution in [-0.4, -0.2) is 23.9 Å². The SMILES string of the molecule is Cc1ccc(Cl)cc1C1=C[C@@]2(CC[C@H](CO)[C@H]2c2ccc(F)cc2)OC1. The van der Waals surface area contributed by atoms with E-state index in [4.69, 9.17) is 16.3 Å². The molecule has 1 N–H and O–H groups in total. The Morgan fingerprint density at radius 3 is 2.73 bits per heavy atom. The van der Waals surface area contributed by atoms with Gasteiger partial charge in [0, 0.05) is 17.5 Å². The van der Waals surface area contributed by atoms with Crippen molar-refractivity contribution in [2.75, 3.05) is 13.2 Å². The Hall–Kier alpha value is -1.68. The third kappa shape index (κ3) is 2.98. The van der Waals surface area contributed by atoms with Gasteiger partial charge in [0.25, 0.3) is 0 Å². The van der Waals surface area contributed by atoms with E-state index in [1.807, 2.05) is 30.3 Å². The molecule has 2 aromatic rings. The number of rotatable bonds is 3. The molecule has 2 aromatic carbocycles. The van der Waals surface area contributed by atoms with E-state index in [1.165, 1.54) is 12.1 Å². The van der Waals surface area contributed by atoms with Crippen molar-refractivity contribution in [2.24, 2.45) is 5.92 Å². The van der Waals surface area contributed by atoms with Gasteiger partial charge < -0.3 is 9.84 Å². The Balaban J connectivity index is 1.75. The molecular weight excluding hydrogens is 351 g/mol. The van der Waals surface area contributed by atoms with Gasteiger partial charge in [0.1, 0.15) is 5.82 Å². The Labute approximate surface area is 158 Å². The van der Waals surface area contributed by atoms with Gasteiger partial charge in [0.2, 0.25) is 0 Å². The topological polar surface area (TPSA) is 29.5 Å². The third-order valence-electron chi connectivity index (χ3n) is 5.83. The second-order valence-corrected chi connectivity index (χ2v) is 7.82. The van der Waals surface area contributed by atoms with Crippen LogP contribution in [0.15, 0.2) is 48.5 Å². The van der Waals surface area contributed by atoms with Crippen LogP contribution >= 0.6 is 11.6 Å². The van der Waals surface area contributed by atoms with Crippen molar-refractivity contribution in [2.45, 2.75) is 31.3 Å². The standard InChI is InChI=1S/C22H22ClFO2/c1-14-2-5-18(23)10-20(14)17-11-22(26-13-17)9-8-16(12-25)21(22)15-3-6-19(24)7-4-15/h2-7,10-11,16,21,25H,8-9,12-13H2,1H3/t16-,21-,22-/m1/s1. The first-order valence-corrected chi connectivity index (χ1v) is 9.39. The second kappa shape index (κ2) is 6.80. The molecule has 0 amide bonds. The highest BCUT2D eigenvalue weighted by Gasteiger charge is 2.51. The van der Waals surface area contributed by atoms with Gasteiger partial charge in [-0.25, -0.2) is 4.39 Å². The maximum Gasteiger partial charge on any atom is 0.123 e. The molecule has 1 heterocycles. The van der Waals surface area contributed by atoms with Gasteiger partial charge in [-0.05, 0) is 78.3 Å². The van der Waals surface area contributed by atoms with Crippen LogP contribution in [0.1, 0.15) is 35.4 Å². The first kappa shape index (κ1) is 17.7. The monoisotopic (exact) mass is 372 g/mol. The number of aliphatic hydroxyl groups is 1. The average molecular weight is 373 g/mol. The molecule has 4 rings (SSSR count). The molecule has 1 aliphatic heterocycles. The number of aryl methyl sites for hydroxylation is 1. The number of ether oxygens (including phenoxy) is 1. The van der Waals surface area contributed by atoms with Gasteiger partial charge in [0.05, 0.1) is 12.2 Å². The van der Waals surface area contributed by atoms with Crippen molar-refractivity contribution in [3.8, 4) is 0 Å². The minimum atomic E-state index is -0.449. The lowest BCUT2D eigenvalue weighted by Gasteiger charge is -2.32. The molecule has 4 heteroatoms. The number of halogens is 2. The first-order valence-electron chi connectivity index (χ1n) is 9.01. The molecule has 1 aliphatic carbocycles. The minimum absolute atomic E-state index is 0.0186. The zero-order chi connectivity index (χ0) is 18.3. The van der Waals surface area contributed by atoms with Gasteiger partial charge in [-0.2, -0.15) is 0 Å². The fourth-order valence-electron chi connectivity index (χ4n) is 4.56. The molecule has 3 atom stereocenters. The molecule has 2 aliphatic rings. The number of benzene rings is 2. The maximum atomic E-state index is 13.4. The van der Waals surface area contributed by atoms with E-state index in [1.54, 1.807) is 0 Å². The van der Waals surface area contributed by atoms with Crippen LogP contribution in [0.2, 0.25) is 5.02 Å². The van der Waals surface area contributed by atoms with E-state index in [9.17, 15) is 9.50 Å². The summed E-state index contributed by atoms with van der Waals surface area (Å²) in [7, 11) is 0. The second-order valence-electron chi connectivity index (χ2n) is 7.38. The summed E-state index contributed by atoms with van der Waals surface area (Å²) in [5.74, 6) is -0.124. The summed E-state index contributed by atoms with van der Waals surface area (Å²) in [5.41, 5.74) is 3.98. The molecule has 0 radical (unpaired) electrons. The molecule has 0 saturated heterocycles. The van der Waals surface area contributed by atoms with Crippen LogP contribution in [0.5, 0.6) is 0 Å². The largest absolute Gasteiger partial charge is 0.396 e. The van der Waals surface area contributed by atoms with Gasteiger partial charge >= 0.3 is 0 Å². The van der Waals surface area contributed by atoms with Gasteiger partial charge in [-0.15, -0.1) is 0 Å². The van der Waals surface area contributed by atoms with E-state index in [-0.39, 0.29) is 24.3 Å². The van der Waals surface area contributed by atoms with Gasteiger partial charge in [-0.3, -0.25) is 0 Å². The highest BCUT2D eigenvalue weighted by molar-refractivity contribution is 6.30. The predicted octanol–water partition coefficient (Wildman–Crippen LogP) is 5.13. The summed E-state index contributed by atoms with van der Waals surface area (Å²) < 4.78 is 19.7. The minimum Gasteiger partial charge on any atom is -0.396 e. The van der Waals surface area contributed by atoms with Crippen molar-refractivity contribution < 1.29 is 14.2 Å². The van der Waals surface area contributed by atoms with Crippen LogP contribution in [0.3, 0.4) is 0 Å². The predicted molar refractivity (Wildman–Crippen MR) is 102 cm³/mol. The molecule has 0 aromatic heterocycles. The van der Waals surface area contributed by atoms with Crippen LogP contribution < -0.4 is 0 Å². The Bertz CT molecular complexity index is 846. The highest BCUT2D eigenvalue weighted by atomic mass is 35.5. The molecule has 1 spiro atoms. The normalized spacial score (nSPS) is 27.9. The maximum absolute atomic E-state index is 13.4. The first-order chi connectivity index (χ1) is 12.5. The number of hydrogen-bond donors (Lipinski definition) is 1. The molecule has 26 heavy (non-hydrogen) atoms. The van der Waals surface area contributed by atoms with Crippen molar-refractivity contribution in [3.05, 3.63) is 76.1 Å². The van der Waals surface area contributed by atoms with Crippen LogP contribution in [0.4, 0.5) is 4.39 Å². The van der Waals surface area contributed by atoms with Crippen molar-refractivity contribution in [1.29, 1.82) is 0 Å². The van der Waals surface area contributed by atoms with Crippen LogP contribution in [0, 0.1) is 18.7 Å². The zero-order valence-electron chi connectivity index (χ0n) is 14.7. The van der Waals surface area contributed by atoms with Gasteiger partial charge in [0.15, 0.2) is 0 Å². The lowest BCUT2D eigenvalue weighted by molar-refractivity contribution is 0.0107. The Morgan fingerprint density at radius 1 is 1.23 bits per heavy atom. The van der Waals surface area contributed by atoms with E-state index in [0.29, 0.717) is 11.6 Å². The van der Waals surface area contributed by atoms with E-state index < -0.39 is 5.60 Å². The van der Waals surface area contributed by atoms with E-state index in [2.05, 4.69) is 13.0 Å². The summed E-state index contributed by atoms with van der Waals surface area (Å²) in [6.07, 6.45) is 3.95. The summed E-state index contributed by atoms with van der Waals surface area (Å²) in [6.45, 7) is 2.70. The molecule has 0 bridgehead atoms. The van der Waals surface area contributed by atoms with Crippen molar-refractivity contribution in [3.63, 3.8) is 0 Å². The molecule has 0 unspecified atom stereocenters. The summed E-state index contributed by atoms with van der Waals surface area (Å²) in [4.78, 5) is 0. The average Bonchev–Trinajstić information content (AvgIpc) is 3.22. The number of hydrogen-bond acceptors (Lipinski definition) is 2. The highest BCUT2D eigenvalue weighted by Crippen LogP contribution is 2.53. The molecular formula is C22H22ClFO2. The fourth-order valence-corrected chi connectivity index (χ4v) is 4.74. The van der Waals surface area contributed by atoms with E-state index in [0.717, 1.165) is 35.1 Å². The van der Waals surface area contributed by atoms with Crippen LogP contribution in [-0.2, 0) is 4.74 Å². The number of aliphatic hydroxyl groups excluding tert-OH is 1. The summed E-state index contributed by atoms with van der Waals surface area (Å²) >= 11 is 6.19. The molecule has 1 saturated carbocycles. The van der Waals surface area contributed by atoms with Crippen molar-refractivity contribution >= 4 is 17.2 Å². The third-order valence-corrected chi connectivity index (χ3v) is 6.06. The zero-order valence-corrected chi connectivity index (χ0v) is 15.5. The smallest absolute Gasteiger partial charge is 0.123 e. The fraction of sp³-hybridized carbons (Fsp3) is 0.364. The Morgan fingerprint density at radius 2 is 2.00 bits per heavy atom. The molecule has 136 valence electrons. The summed E-state index contributed by atoms with van der Waals surface area (Å²) in [5, 5.41) is 10.6.